The third-order valence-corrected chi connectivity index (χ3v) is 5.00. The fraction of sp³-hybridized carbons (Fsp3) is 0.333. The van der Waals surface area contributed by atoms with Crippen molar-refractivity contribution < 1.29 is 10.2 Å². The minimum Gasteiger partial charge on any atom is -0.391 e. The van der Waals surface area contributed by atoms with E-state index in [4.69, 9.17) is 5.73 Å². The Labute approximate surface area is 129 Å². The molecule has 0 radical (unpaired) electrons. The van der Waals surface area contributed by atoms with Crippen LogP contribution in [0.25, 0.3) is 0 Å². The summed E-state index contributed by atoms with van der Waals surface area (Å²) in [6.07, 6.45) is -0.0890. The van der Waals surface area contributed by atoms with Crippen LogP contribution in [0.4, 0.5) is 0 Å². The smallest absolute Gasteiger partial charge is 0.120 e. The summed E-state index contributed by atoms with van der Waals surface area (Å²) in [5.41, 5.74) is 9.69. The summed E-state index contributed by atoms with van der Waals surface area (Å²) >= 11 is 0. The van der Waals surface area contributed by atoms with Crippen LogP contribution in [0.2, 0.25) is 0 Å². The fourth-order valence-electron chi connectivity index (χ4n) is 3.83. The molecule has 0 saturated heterocycles. The summed E-state index contributed by atoms with van der Waals surface area (Å²) in [6, 6.07) is 15.6. The minimum atomic E-state index is -1.03. The maximum Gasteiger partial charge on any atom is 0.120 e. The van der Waals surface area contributed by atoms with Crippen molar-refractivity contribution in [1.82, 2.24) is 5.32 Å². The highest BCUT2D eigenvalue weighted by Gasteiger charge is 2.46. The zero-order valence-electron chi connectivity index (χ0n) is 12.2. The Balaban J connectivity index is 1.72. The van der Waals surface area contributed by atoms with E-state index < -0.39 is 17.9 Å². The topological polar surface area (TPSA) is 78.5 Å². The first-order valence-electron chi connectivity index (χ1n) is 7.68. The van der Waals surface area contributed by atoms with Gasteiger partial charge in [0.15, 0.2) is 0 Å². The number of hydrogen-bond donors (Lipinski definition) is 4. The molecule has 2 aromatic carbocycles. The molecule has 0 aliphatic heterocycles. The Morgan fingerprint density at radius 2 is 1.64 bits per heavy atom. The molecule has 114 valence electrons. The van der Waals surface area contributed by atoms with Crippen LogP contribution in [0.3, 0.4) is 0 Å². The summed E-state index contributed by atoms with van der Waals surface area (Å²) in [4.78, 5) is 0. The Hall–Kier alpha value is -1.72. The van der Waals surface area contributed by atoms with Crippen molar-refractivity contribution in [3.05, 3.63) is 70.8 Å². The van der Waals surface area contributed by atoms with Crippen molar-refractivity contribution in [3.8, 4) is 0 Å². The first-order chi connectivity index (χ1) is 10.6. The van der Waals surface area contributed by atoms with E-state index >= 15 is 0 Å². The molecule has 2 aromatic rings. The maximum absolute atomic E-state index is 10.5. The van der Waals surface area contributed by atoms with Gasteiger partial charge in [-0.05, 0) is 22.3 Å². The quantitative estimate of drug-likeness (QED) is 0.623. The molecule has 4 heteroatoms. The Morgan fingerprint density at radius 3 is 2.45 bits per heavy atom. The highest BCUT2D eigenvalue weighted by Crippen LogP contribution is 2.38. The van der Waals surface area contributed by atoms with Crippen molar-refractivity contribution in [1.29, 1.82) is 0 Å². The van der Waals surface area contributed by atoms with Crippen LogP contribution in [-0.2, 0) is 18.5 Å². The molecule has 0 bridgehead atoms. The molecule has 2 aliphatic carbocycles. The van der Waals surface area contributed by atoms with Gasteiger partial charge in [-0.25, -0.2) is 0 Å². The average Bonchev–Trinajstić information content (AvgIpc) is 2.96. The van der Waals surface area contributed by atoms with E-state index in [1.165, 1.54) is 0 Å². The Kier molecular flexibility index (Phi) is 3.09. The van der Waals surface area contributed by atoms with Crippen LogP contribution in [0.5, 0.6) is 0 Å². The molecule has 4 nitrogen and oxygen atoms in total. The second kappa shape index (κ2) is 4.89. The molecular weight excluding hydrogens is 276 g/mol. The van der Waals surface area contributed by atoms with E-state index in [1.807, 2.05) is 48.5 Å². The number of aliphatic hydroxyl groups is 2. The summed E-state index contributed by atoms with van der Waals surface area (Å²) in [6.45, 7) is 0. The monoisotopic (exact) mass is 296 g/mol. The third-order valence-electron chi connectivity index (χ3n) is 5.00. The van der Waals surface area contributed by atoms with E-state index in [-0.39, 0.29) is 6.04 Å². The number of nitrogens with one attached hydrogen (secondary N) is 1. The molecule has 0 unspecified atom stereocenters. The number of aliphatic hydroxyl groups excluding tert-OH is 2. The molecule has 5 N–H and O–H groups in total. The second-order valence-corrected chi connectivity index (χ2v) is 6.34. The van der Waals surface area contributed by atoms with Gasteiger partial charge in [-0.15, -0.1) is 0 Å². The van der Waals surface area contributed by atoms with Crippen LogP contribution in [0, 0.1) is 0 Å². The molecule has 0 aromatic heterocycles. The third kappa shape index (κ3) is 1.92. The van der Waals surface area contributed by atoms with Crippen molar-refractivity contribution in [2.24, 2.45) is 5.73 Å². The molecule has 0 amide bonds. The predicted molar refractivity (Wildman–Crippen MR) is 84.0 cm³/mol. The van der Waals surface area contributed by atoms with Crippen LogP contribution in [0.1, 0.15) is 28.3 Å². The van der Waals surface area contributed by atoms with E-state index in [2.05, 4.69) is 5.32 Å². The minimum absolute atomic E-state index is 0.262. The molecule has 4 atom stereocenters. The normalized spacial score (nSPS) is 32.8. The van der Waals surface area contributed by atoms with Gasteiger partial charge in [-0.2, -0.15) is 0 Å². The number of nitrogens with two attached hydrogens (primary N) is 1. The van der Waals surface area contributed by atoms with Gasteiger partial charge < -0.3 is 15.9 Å². The van der Waals surface area contributed by atoms with E-state index in [9.17, 15) is 10.2 Å². The van der Waals surface area contributed by atoms with Gasteiger partial charge in [0.25, 0.3) is 0 Å². The lowest BCUT2D eigenvalue weighted by atomic mass is 9.97. The fourth-order valence-corrected chi connectivity index (χ4v) is 3.83. The lowest BCUT2D eigenvalue weighted by Crippen LogP contribution is -2.58. The van der Waals surface area contributed by atoms with Crippen molar-refractivity contribution >= 4 is 0 Å². The van der Waals surface area contributed by atoms with E-state index in [0.717, 1.165) is 22.3 Å². The van der Waals surface area contributed by atoms with Crippen LogP contribution in [0.15, 0.2) is 48.5 Å². The van der Waals surface area contributed by atoms with Crippen LogP contribution < -0.4 is 11.1 Å². The van der Waals surface area contributed by atoms with Gasteiger partial charge in [-0.3, -0.25) is 5.32 Å². The zero-order valence-corrected chi connectivity index (χ0v) is 12.2. The molecule has 2 aliphatic rings. The molecule has 0 heterocycles. The first-order valence-corrected chi connectivity index (χ1v) is 7.68. The molecule has 0 saturated carbocycles. The first kappa shape index (κ1) is 13.9. The van der Waals surface area contributed by atoms with Gasteiger partial charge in [0.1, 0.15) is 5.66 Å². The van der Waals surface area contributed by atoms with Crippen LogP contribution in [-0.4, -0.2) is 22.4 Å². The lowest BCUT2D eigenvalue weighted by molar-refractivity contribution is 0.0440. The van der Waals surface area contributed by atoms with Gasteiger partial charge in [0.2, 0.25) is 0 Å². The molecule has 0 spiro atoms. The second-order valence-electron chi connectivity index (χ2n) is 6.34. The van der Waals surface area contributed by atoms with Gasteiger partial charge in [0, 0.05) is 12.8 Å². The van der Waals surface area contributed by atoms with Gasteiger partial charge in [-0.1, -0.05) is 48.5 Å². The predicted octanol–water partition coefficient (Wildman–Crippen LogP) is 0.963. The van der Waals surface area contributed by atoms with Crippen molar-refractivity contribution in [2.75, 3.05) is 0 Å². The number of benzene rings is 2. The van der Waals surface area contributed by atoms with E-state index in [1.54, 1.807) is 0 Å². The number of rotatable bonds is 2. The number of hydrogen-bond acceptors (Lipinski definition) is 4. The zero-order chi connectivity index (χ0) is 15.3. The number of fused-ring (bicyclic) bond motifs is 2. The Morgan fingerprint density at radius 1 is 0.955 bits per heavy atom. The van der Waals surface area contributed by atoms with Crippen molar-refractivity contribution in [3.63, 3.8) is 0 Å². The van der Waals surface area contributed by atoms with Gasteiger partial charge >= 0.3 is 0 Å². The highest BCUT2D eigenvalue weighted by molar-refractivity contribution is 5.42. The molecule has 22 heavy (non-hydrogen) atoms. The van der Waals surface area contributed by atoms with E-state index in [0.29, 0.717) is 12.8 Å². The average molecular weight is 296 g/mol. The summed E-state index contributed by atoms with van der Waals surface area (Å²) in [7, 11) is 0. The summed E-state index contributed by atoms with van der Waals surface area (Å²) in [5.74, 6) is 0. The Bertz CT molecular complexity index is 718. The summed E-state index contributed by atoms with van der Waals surface area (Å²) < 4.78 is 0. The summed E-state index contributed by atoms with van der Waals surface area (Å²) in [5, 5.41) is 24.3. The van der Waals surface area contributed by atoms with Gasteiger partial charge in [0.05, 0.1) is 18.2 Å². The highest BCUT2D eigenvalue weighted by atomic mass is 16.3. The maximum atomic E-state index is 10.5. The van der Waals surface area contributed by atoms with Crippen LogP contribution >= 0.6 is 0 Å². The van der Waals surface area contributed by atoms with Crippen molar-refractivity contribution in [2.45, 2.75) is 36.8 Å². The standard InChI is InChI=1S/C18H20N2O2/c19-18(14-8-4-2-6-12(14)10-16(18)22)20-17-13-7-3-1-5-11(13)9-15(17)21/h1-8,15-17,20-22H,9-10,19H2/t15-,16-,17+,18+/m0/s1. The largest absolute Gasteiger partial charge is 0.391 e. The SMILES string of the molecule is N[C@@]1(N[C@@H]2c3ccccc3C[C@@H]2O)c2ccccc2C[C@@H]1O. The lowest BCUT2D eigenvalue weighted by Gasteiger charge is -2.35. The molecular formula is C18H20N2O2. The molecule has 4 rings (SSSR count). The molecule has 0 fully saturated rings.